The number of ether oxygens (including phenoxy) is 1. The van der Waals surface area contributed by atoms with Crippen LogP contribution < -0.4 is 10.1 Å². The average Bonchev–Trinajstić information content (AvgIpc) is 2.45. The first-order valence-electron chi connectivity index (χ1n) is 6.09. The number of halogens is 2. The normalized spacial score (nSPS) is 10.4. The summed E-state index contributed by atoms with van der Waals surface area (Å²) in [4.78, 5) is 0. The maximum atomic E-state index is 9.00. The van der Waals surface area contributed by atoms with Crippen molar-refractivity contribution in [1.82, 2.24) is 0 Å². The van der Waals surface area contributed by atoms with Crippen LogP contribution in [0.1, 0.15) is 11.1 Å². The highest BCUT2D eigenvalue weighted by Gasteiger charge is 2.07. The maximum Gasteiger partial charge on any atom is 0.147 e. The molecule has 0 aromatic heterocycles. The predicted molar refractivity (Wildman–Crippen MR) is 88.1 cm³/mol. The van der Waals surface area contributed by atoms with Crippen LogP contribution in [0.3, 0.4) is 0 Å². The van der Waals surface area contributed by atoms with Gasteiger partial charge in [-0.2, -0.15) is 0 Å². The third-order valence-electron chi connectivity index (χ3n) is 2.90. The molecule has 0 spiro atoms. The largest absolute Gasteiger partial charge is 0.494 e. The number of rotatable bonds is 5. The van der Waals surface area contributed by atoms with Gasteiger partial charge in [-0.1, -0.05) is 12.1 Å². The Hall–Kier alpha value is -1.04. The smallest absolute Gasteiger partial charge is 0.147 e. The number of benzene rings is 2. The molecule has 0 amide bonds. The summed E-state index contributed by atoms with van der Waals surface area (Å²) in [6, 6.07) is 11.8. The molecule has 0 radical (unpaired) electrons. The van der Waals surface area contributed by atoms with Crippen LogP contribution in [-0.2, 0) is 13.2 Å². The van der Waals surface area contributed by atoms with Crippen molar-refractivity contribution in [2.24, 2.45) is 0 Å². The summed E-state index contributed by atoms with van der Waals surface area (Å²) in [6.07, 6.45) is 0. The summed E-state index contributed by atoms with van der Waals surface area (Å²) in [6.45, 7) is 0.776. The Bertz CT molecular complexity index is 562. The van der Waals surface area contributed by atoms with E-state index in [-0.39, 0.29) is 6.61 Å². The lowest BCUT2D eigenvalue weighted by Gasteiger charge is -2.11. The van der Waals surface area contributed by atoms with E-state index >= 15 is 0 Å². The molecule has 2 aromatic carbocycles. The van der Waals surface area contributed by atoms with Gasteiger partial charge in [0.25, 0.3) is 0 Å². The van der Waals surface area contributed by atoms with Gasteiger partial charge in [0.05, 0.1) is 22.7 Å². The molecule has 0 unspecified atom stereocenters. The van der Waals surface area contributed by atoms with E-state index in [9.17, 15) is 0 Å². The topological polar surface area (TPSA) is 41.5 Å². The zero-order valence-electron chi connectivity index (χ0n) is 11.0. The fourth-order valence-electron chi connectivity index (χ4n) is 1.84. The van der Waals surface area contributed by atoms with Crippen molar-refractivity contribution >= 4 is 37.5 Å². The molecular weight excluding hydrogens is 386 g/mol. The number of anilines is 1. The average molecular weight is 401 g/mol. The number of methoxy groups -OCH3 is 1. The van der Waals surface area contributed by atoms with Gasteiger partial charge in [-0.3, -0.25) is 0 Å². The van der Waals surface area contributed by atoms with Gasteiger partial charge in [0, 0.05) is 12.2 Å². The van der Waals surface area contributed by atoms with E-state index in [1.165, 1.54) is 0 Å². The van der Waals surface area contributed by atoms with Crippen LogP contribution >= 0.6 is 31.9 Å². The molecule has 0 aliphatic carbocycles. The molecule has 5 heteroatoms. The zero-order valence-corrected chi connectivity index (χ0v) is 14.2. The molecule has 2 N–H and O–H groups in total. The van der Waals surface area contributed by atoms with Crippen LogP contribution in [0.4, 0.5) is 5.69 Å². The third kappa shape index (κ3) is 3.75. The summed E-state index contributed by atoms with van der Waals surface area (Å²) in [7, 11) is 1.64. The van der Waals surface area contributed by atoms with Gasteiger partial charge in [0.2, 0.25) is 0 Å². The minimum Gasteiger partial charge on any atom is -0.494 e. The van der Waals surface area contributed by atoms with Gasteiger partial charge < -0.3 is 15.2 Å². The Morgan fingerprint density at radius 2 is 1.65 bits per heavy atom. The van der Waals surface area contributed by atoms with Gasteiger partial charge in [-0.05, 0) is 67.3 Å². The van der Waals surface area contributed by atoms with Crippen molar-refractivity contribution in [3.63, 3.8) is 0 Å². The molecule has 0 atom stereocenters. The van der Waals surface area contributed by atoms with E-state index in [1.807, 2.05) is 36.4 Å². The molecule has 0 heterocycles. The molecule has 106 valence electrons. The first-order valence-corrected chi connectivity index (χ1v) is 7.68. The second-order valence-electron chi connectivity index (χ2n) is 4.30. The summed E-state index contributed by atoms with van der Waals surface area (Å²) in [5.74, 6) is 0.793. The Morgan fingerprint density at radius 3 is 2.15 bits per heavy atom. The van der Waals surface area contributed by atoms with Crippen LogP contribution in [0.25, 0.3) is 0 Å². The standard InChI is InChI=1S/C15H15Br2NO2/c1-20-15-13(16)6-11(7-14(15)17)8-18-12-4-2-10(9-19)3-5-12/h2-7,18-19H,8-9H2,1H3. The van der Waals surface area contributed by atoms with E-state index in [1.54, 1.807) is 7.11 Å². The van der Waals surface area contributed by atoms with E-state index in [4.69, 9.17) is 9.84 Å². The van der Waals surface area contributed by atoms with Crippen LogP contribution in [0.2, 0.25) is 0 Å². The van der Waals surface area contributed by atoms with E-state index in [0.717, 1.165) is 31.5 Å². The lowest BCUT2D eigenvalue weighted by Crippen LogP contribution is -2.00. The van der Waals surface area contributed by atoms with Crippen LogP contribution in [-0.4, -0.2) is 12.2 Å². The van der Waals surface area contributed by atoms with Crippen molar-refractivity contribution < 1.29 is 9.84 Å². The molecule has 0 aliphatic rings. The van der Waals surface area contributed by atoms with Gasteiger partial charge in [0.15, 0.2) is 0 Å². The quantitative estimate of drug-likeness (QED) is 0.784. The van der Waals surface area contributed by atoms with Gasteiger partial charge in [-0.25, -0.2) is 0 Å². The van der Waals surface area contributed by atoms with Gasteiger partial charge in [0.1, 0.15) is 5.75 Å². The summed E-state index contributed by atoms with van der Waals surface area (Å²) in [5.41, 5.74) is 3.06. The highest BCUT2D eigenvalue weighted by molar-refractivity contribution is 9.11. The summed E-state index contributed by atoms with van der Waals surface area (Å²) in [5, 5.41) is 12.3. The van der Waals surface area contributed by atoms with Gasteiger partial charge >= 0.3 is 0 Å². The molecule has 0 saturated heterocycles. The molecule has 0 saturated carbocycles. The van der Waals surface area contributed by atoms with Crippen LogP contribution in [0.5, 0.6) is 5.75 Å². The fourth-order valence-corrected chi connectivity index (χ4v) is 3.45. The second kappa shape index (κ2) is 7.11. The SMILES string of the molecule is COc1c(Br)cc(CNc2ccc(CO)cc2)cc1Br. The Kier molecular flexibility index (Phi) is 5.46. The second-order valence-corrected chi connectivity index (χ2v) is 6.01. The van der Waals surface area contributed by atoms with Crippen molar-refractivity contribution in [1.29, 1.82) is 0 Å². The number of hydrogen-bond donors (Lipinski definition) is 2. The van der Waals surface area contributed by atoms with E-state index in [2.05, 4.69) is 37.2 Å². The zero-order chi connectivity index (χ0) is 14.5. The molecular formula is C15H15Br2NO2. The molecule has 2 aromatic rings. The number of aliphatic hydroxyl groups excluding tert-OH is 1. The molecule has 3 nitrogen and oxygen atoms in total. The molecule has 0 aliphatic heterocycles. The minimum atomic E-state index is 0.0681. The van der Waals surface area contributed by atoms with Crippen molar-refractivity contribution in [3.8, 4) is 5.75 Å². The van der Waals surface area contributed by atoms with Crippen LogP contribution in [0.15, 0.2) is 45.3 Å². The number of hydrogen-bond acceptors (Lipinski definition) is 3. The van der Waals surface area contributed by atoms with Crippen LogP contribution in [0, 0.1) is 0 Å². The third-order valence-corrected chi connectivity index (χ3v) is 4.07. The summed E-state index contributed by atoms with van der Waals surface area (Å²) < 4.78 is 7.12. The Balaban J connectivity index is 2.06. The Morgan fingerprint density at radius 1 is 1.05 bits per heavy atom. The lowest BCUT2D eigenvalue weighted by molar-refractivity contribution is 0.282. The summed E-state index contributed by atoms with van der Waals surface area (Å²) >= 11 is 6.99. The lowest BCUT2D eigenvalue weighted by atomic mass is 10.2. The molecule has 0 bridgehead atoms. The number of nitrogens with one attached hydrogen (secondary N) is 1. The predicted octanol–water partition coefficient (Wildman–Crippen LogP) is 4.32. The molecule has 2 rings (SSSR count). The fraction of sp³-hybridized carbons (Fsp3) is 0.200. The highest BCUT2D eigenvalue weighted by Crippen LogP contribution is 2.34. The highest BCUT2D eigenvalue weighted by atomic mass is 79.9. The Labute approximate surface area is 135 Å². The minimum absolute atomic E-state index is 0.0681. The first-order chi connectivity index (χ1) is 9.63. The molecule has 20 heavy (non-hydrogen) atoms. The van der Waals surface area contributed by atoms with E-state index < -0.39 is 0 Å². The van der Waals surface area contributed by atoms with Crippen molar-refractivity contribution in [2.45, 2.75) is 13.2 Å². The van der Waals surface area contributed by atoms with E-state index in [0.29, 0.717) is 6.54 Å². The molecule has 0 fully saturated rings. The van der Waals surface area contributed by atoms with Gasteiger partial charge in [-0.15, -0.1) is 0 Å². The first kappa shape index (κ1) is 15.4. The van der Waals surface area contributed by atoms with Crippen molar-refractivity contribution in [3.05, 3.63) is 56.5 Å². The van der Waals surface area contributed by atoms with Crippen molar-refractivity contribution in [2.75, 3.05) is 12.4 Å². The number of aliphatic hydroxyl groups is 1. The maximum absolute atomic E-state index is 9.00. The monoisotopic (exact) mass is 399 g/mol.